The van der Waals surface area contributed by atoms with E-state index in [-0.39, 0.29) is 24.3 Å². The van der Waals surface area contributed by atoms with Crippen molar-refractivity contribution in [3.63, 3.8) is 0 Å². The van der Waals surface area contributed by atoms with Gasteiger partial charge in [-0.2, -0.15) is 0 Å². The third kappa shape index (κ3) is 7.94. The number of ether oxygens (including phenoxy) is 2. The van der Waals surface area contributed by atoms with E-state index in [1.807, 2.05) is 30.3 Å². The molecule has 2 heterocycles. The van der Waals surface area contributed by atoms with Crippen molar-refractivity contribution in [2.45, 2.75) is 35.4 Å². The number of aromatic nitrogens is 1. The number of pyridine rings is 1. The summed E-state index contributed by atoms with van der Waals surface area (Å²) in [4.78, 5) is 47.0. The molecule has 1 unspecified atom stereocenters. The molecule has 6 rings (SSSR count). The lowest BCUT2D eigenvalue weighted by Crippen LogP contribution is -2.56. The summed E-state index contributed by atoms with van der Waals surface area (Å²) in [7, 11) is -6.73. The normalized spacial score (nSPS) is 21.0. The zero-order valence-electron chi connectivity index (χ0n) is 28.6. The number of fused-ring (bicyclic) bond motifs is 1. The van der Waals surface area contributed by atoms with E-state index >= 15 is 0 Å². The molecule has 1 aliphatic heterocycles. The molecule has 1 aromatic heterocycles. The lowest BCUT2D eigenvalue weighted by atomic mass is 10.1. The summed E-state index contributed by atoms with van der Waals surface area (Å²) in [5, 5.41) is 3.99. The van der Waals surface area contributed by atoms with Crippen molar-refractivity contribution in [3.05, 3.63) is 110 Å². The van der Waals surface area contributed by atoms with Crippen LogP contribution < -0.4 is 24.2 Å². The maximum absolute atomic E-state index is 14.1. The Bertz CT molecular complexity index is 2310. The molecule has 16 heteroatoms. The molecule has 53 heavy (non-hydrogen) atoms. The minimum absolute atomic E-state index is 0.0504. The predicted octanol–water partition coefficient (Wildman–Crippen LogP) is 2.89. The van der Waals surface area contributed by atoms with Gasteiger partial charge in [0.2, 0.25) is 21.8 Å². The highest BCUT2D eigenvalue weighted by molar-refractivity contribution is 7.92. The highest BCUT2D eigenvalue weighted by Gasteiger charge is 2.61. The molecule has 1 saturated carbocycles. The zero-order valence-corrected chi connectivity index (χ0v) is 30.2. The van der Waals surface area contributed by atoms with Crippen LogP contribution in [0.5, 0.6) is 11.5 Å². The topological polar surface area (TPSA) is 190 Å². The van der Waals surface area contributed by atoms with Gasteiger partial charge in [0.1, 0.15) is 29.2 Å². The van der Waals surface area contributed by atoms with Gasteiger partial charge in [-0.25, -0.2) is 31.3 Å². The second-order valence-electron chi connectivity index (χ2n) is 12.6. The summed E-state index contributed by atoms with van der Waals surface area (Å²) in [6.45, 7) is 6.16. The van der Waals surface area contributed by atoms with Gasteiger partial charge in [0, 0.05) is 40.8 Å². The molecule has 0 radical (unpaired) electrons. The molecule has 14 nitrogen and oxygen atoms in total. The molecule has 3 N–H and O–H groups in total. The fraction of sp³-hybridized carbons (Fsp3) is 0.243. The fourth-order valence-corrected chi connectivity index (χ4v) is 7.78. The smallest absolute Gasteiger partial charge is 0.264 e. The van der Waals surface area contributed by atoms with Crippen molar-refractivity contribution in [2.24, 2.45) is 5.92 Å². The van der Waals surface area contributed by atoms with E-state index in [1.54, 1.807) is 37.4 Å². The number of nitrogens with zero attached hydrogens (tertiary/aromatic N) is 2. The predicted molar refractivity (Wildman–Crippen MR) is 196 cm³/mol. The van der Waals surface area contributed by atoms with Crippen molar-refractivity contribution in [1.29, 1.82) is 0 Å². The van der Waals surface area contributed by atoms with Crippen molar-refractivity contribution in [3.8, 4) is 22.8 Å². The molecule has 0 spiro atoms. The van der Waals surface area contributed by atoms with E-state index < -0.39 is 67.9 Å². The first-order chi connectivity index (χ1) is 25.3. The molecular weight excluding hydrogens is 723 g/mol. The van der Waals surface area contributed by atoms with Gasteiger partial charge >= 0.3 is 0 Å². The van der Waals surface area contributed by atoms with Crippen LogP contribution in [-0.2, 0) is 34.4 Å². The van der Waals surface area contributed by atoms with Crippen LogP contribution in [0.2, 0.25) is 0 Å². The minimum atomic E-state index is -4.28. The molecular formula is C37H37N5O9S2. The van der Waals surface area contributed by atoms with Crippen LogP contribution in [0, 0.1) is 5.92 Å². The van der Waals surface area contributed by atoms with Gasteiger partial charge in [0.25, 0.3) is 15.9 Å². The van der Waals surface area contributed by atoms with E-state index in [9.17, 15) is 31.2 Å². The zero-order chi connectivity index (χ0) is 38.0. The SMILES string of the molecule is C=C[C@@H]1C[C@]1(NC(=O)[C@@H]1CC(Oc2cc(-c3ccccc3)nc3cc(OC)ccc23)CN1C(=O)CNS(=O)(=O)C=C)C(=O)NS(=O)(=O)c1ccccc1. The molecule has 2 fully saturated rings. The first-order valence-electron chi connectivity index (χ1n) is 16.5. The third-order valence-corrected chi connectivity index (χ3v) is 11.5. The number of rotatable bonds is 14. The lowest BCUT2D eigenvalue weighted by Gasteiger charge is -2.26. The largest absolute Gasteiger partial charge is 0.497 e. The fourth-order valence-electron chi connectivity index (χ4n) is 6.28. The van der Waals surface area contributed by atoms with Gasteiger partial charge in [0.05, 0.1) is 36.3 Å². The summed E-state index contributed by atoms with van der Waals surface area (Å²) < 4.78 is 66.3. The van der Waals surface area contributed by atoms with E-state index in [4.69, 9.17) is 14.5 Å². The maximum atomic E-state index is 14.1. The van der Waals surface area contributed by atoms with E-state index in [2.05, 4.69) is 27.9 Å². The second-order valence-corrected chi connectivity index (χ2v) is 16.0. The van der Waals surface area contributed by atoms with Crippen LogP contribution in [0.15, 0.2) is 114 Å². The Morgan fingerprint density at radius 3 is 2.32 bits per heavy atom. The standard InChI is InChI=1S/C37H37N5O9S2/c1-4-25-21-37(25,36(45)41-53(48,49)28-14-10-7-11-15-28)40-35(44)32-19-27(23-42(32)34(43)22-38-52(46,47)5-2)51-33-20-30(24-12-8-6-9-13-24)39-31-18-26(50-3)16-17-29(31)33/h4-18,20,25,27,32,38H,1-2,19,21-23H2,3H3,(H,40,44)(H,41,45)/t25-,27?,32+,37-/m1/s1. The summed E-state index contributed by atoms with van der Waals surface area (Å²) >= 11 is 0. The van der Waals surface area contributed by atoms with Crippen LogP contribution in [-0.4, -0.2) is 82.3 Å². The van der Waals surface area contributed by atoms with E-state index in [1.165, 1.54) is 35.2 Å². The van der Waals surface area contributed by atoms with Crippen LogP contribution in [0.3, 0.4) is 0 Å². The van der Waals surface area contributed by atoms with Crippen molar-refractivity contribution >= 4 is 48.7 Å². The number of amides is 3. The molecule has 4 atom stereocenters. The molecule has 2 aliphatic rings. The Morgan fingerprint density at radius 1 is 0.981 bits per heavy atom. The molecule has 276 valence electrons. The minimum Gasteiger partial charge on any atom is -0.497 e. The third-order valence-electron chi connectivity index (χ3n) is 9.20. The Labute approximate surface area is 307 Å². The average molecular weight is 760 g/mol. The number of methoxy groups -OCH3 is 1. The molecule has 1 aliphatic carbocycles. The molecule has 4 aromatic rings. The van der Waals surface area contributed by atoms with Crippen molar-refractivity contribution in [1.82, 2.24) is 24.6 Å². The van der Waals surface area contributed by atoms with E-state index in [0.717, 1.165) is 5.56 Å². The van der Waals surface area contributed by atoms with E-state index in [0.29, 0.717) is 33.5 Å². The molecule has 0 bridgehead atoms. The Morgan fingerprint density at radius 2 is 1.68 bits per heavy atom. The lowest BCUT2D eigenvalue weighted by molar-refractivity contribution is -0.139. The van der Waals surface area contributed by atoms with Gasteiger partial charge in [-0.15, -0.1) is 6.58 Å². The maximum Gasteiger partial charge on any atom is 0.264 e. The first-order valence-corrected chi connectivity index (χ1v) is 19.5. The summed E-state index contributed by atoms with van der Waals surface area (Å²) in [5.74, 6) is -2.08. The number of hydrogen-bond acceptors (Lipinski definition) is 10. The van der Waals surface area contributed by atoms with Gasteiger partial charge in [-0.05, 0) is 30.7 Å². The second kappa shape index (κ2) is 14.8. The average Bonchev–Trinajstić information content (AvgIpc) is 3.72. The quantitative estimate of drug-likeness (QED) is 0.161. The van der Waals surface area contributed by atoms with Crippen LogP contribution in [0.25, 0.3) is 22.2 Å². The highest BCUT2D eigenvalue weighted by atomic mass is 32.2. The van der Waals surface area contributed by atoms with Crippen LogP contribution in [0.1, 0.15) is 12.8 Å². The van der Waals surface area contributed by atoms with Crippen molar-refractivity contribution in [2.75, 3.05) is 20.2 Å². The molecule has 3 amide bonds. The number of nitrogens with one attached hydrogen (secondary N) is 3. The highest BCUT2D eigenvalue weighted by Crippen LogP contribution is 2.45. The number of carbonyl (C=O) groups excluding carboxylic acids is 3. The van der Waals surface area contributed by atoms with Crippen LogP contribution in [0.4, 0.5) is 0 Å². The summed E-state index contributed by atoms with van der Waals surface area (Å²) in [6.07, 6.45) is 0.675. The monoisotopic (exact) mass is 759 g/mol. The molecule has 3 aromatic carbocycles. The number of likely N-dealkylation sites (tertiary alicyclic amines) is 1. The van der Waals surface area contributed by atoms with Crippen molar-refractivity contribution < 1.29 is 40.7 Å². The molecule has 1 saturated heterocycles. The first kappa shape index (κ1) is 37.2. The Balaban J connectivity index is 1.29. The summed E-state index contributed by atoms with van der Waals surface area (Å²) in [6, 6.07) is 22.5. The van der Waals surface area contributed by atoms with Gasteiger partial charge in [-0.3, -0.25) is 14.4 Å². The Kier molecular flexibility index (Phi) is 10.4. The van der Waals surface area contributed by atoms with Gasteiger partial charge in [-0.1, -0.05) is 61.2 Å². The van der Waals surface area contributed by atoms with Gasteiger partial charge < -0.3 is 19.7 Å². The number of carbonyl (C=O) groups is 3. The number of hydrogen-bond donors (Lipinski definition) is 3. The van der Waals surface area contributed by atoms with Crippen LogP contribution >= 0.6 is 0 Å². The Hall–Kier alpha value is -5.58. The summed E-state index contributed by atoms with van der Waals surface area (Å²) in [5.41, 5.74) is 0.325. The number of sulfonamides is 2. The number of benzene rings is 3. The van der Waals surface area contributed by atoms with Gasteiger partial charge in [0.15, 0.2) is 0 Å².